The molecule has 0 atom stereocenters. The Morgan fingerprint density at radius 3 is 2.78 bits per heavy atom. The third-order valence-electron chi connectivity index (χ3n) is 4.80. The Labute approximate surface area is 162 Å². The summed E-state index contributed by atoms with van der Waals surface area (Å²) in [5, 5.41) is 3.58. The molecule has 27 heavy (non-hydrogen) atoms. The summed E-state index contributed by atoms with van der Waals surface area (Å²) < 4.78 is 26.1. The largest absolute Gasteiger partial charge is 0.350 e. The molecule has 1 aliphatic rings. The van der Waals surface area contributed by atoms with Gasteiger partial charge in [0.05, 0.1) is 27.4 Å². The molecular weight excluding hydrogens is 380 g/mol. The van der Waals surface area contributed by atoms with Crippen LogP contribution in [0.4, 0.5) is 0 Å². The molecule has 0 radical (unpaired) electrons. The van der Waals surface area contributed by atoms with E-state index in [4.69, 9.17) is 0 Å². The van der Waals surface area contributed by atoms with Crippen molar-refractivity contribution in [1.82, 2.24) is 10.3 Å². The smallest absolute Gasteiger partial charge is 0.221 e. The van der Waals surface area contributed by atoms with E-state index < -0.39 is 9.84 Å². The van der Waals surface area contributed by atoms with Crippen LogP contribution in [0.5, 0.6) is 0 Å². The number of nitrogens with one attached hydrogen (secondary N) is 1. The highest BCUT2D eigenvalue weighted by Gasteiger charge is 2.20. The first-order chi connectivity index (χ1) is 13.0. The number of thiazole rings is 1. The van der Waals surface area contributed by atoms with Crippen molar-refractivity contribution >= 4 is 37.3 Å². The maximum Gasteiger partial charge on any atom is 0.221 e. The van der Waals surface area contributed by atoms with Crippen LogP contribution in [0, 0.1) is 0 Å². The zero-order valence-electron chi connectivity index (χ0n) is 14.8. The molecule has 0 bridgehead atoms. The molecule has 3 aromatic rings. The molecule has 5 nitrogen and oxygen atoms in total. The highest BCUT2D eigenvalue weighted by atomic mass is 32.2. The zero-order chi connectivity index (χ0) is 18.9. The quantitative estimate of drug-likeness (QED) is 0.689. The number of carbonyl (C=O) groups excluding carboxylic acids is 1. The van der Waals surface area contributed by atoms with Gasteiger partial charge in [-0.15, -0.1) is 11.3 Å². The van der Waals surface area contributed by atoms with Crippen LogP contribution in [0.1, 0.15) is 29.0 Å². The van der Waals surface area contributed by atoms with Gasteiger partial charge < -0.3 is 5.32 Å². The number of aromatic nitrogens is 1. The summed E-state index contributed by atoms with van der Waals surface area (Å²) in [4.78, 5) is 16.9. The molecule has 1 aliphatic carbocycles. The van der Waals surface area contributed by atoms with Crippen LogP contribution >= 0.6 is 11.3 Å². The third kappa shape index (κ3) is 4.04. The number of fused-ring (bicyclic) bond motifs is 2. The van der Waals surface area contributed by atoms with Gasteiger partial charge in [-0.05, 0) is 54.7 Å². The average Bonchev–Trinajstić information content (AvgIpc) is 3.30. The number of hydrogen-bond donors (Lipinski definition) is 1. The van der Waals surface area contributed by atoms with E-state index in [-0.39, 0.29) is 18.1 Å². The van der Waals surface area contributed by atoms with Gasteiger partial charge in [-0.2, -0.15) is 0 Å². The summed E-state index contributed by atoms with van der Waals surface area (Å²) in [6.45, 7) is 0.317. The van der Waals surface area contributed by atoms with E-state index in [1.54, 1.807) is 12.1 Å². The fourth-order valence-corrected chi connectivity index (χ4v) is 5.54. The van der Waals surface area contributed by atoms with E-state index in [1.165, 1.54) is 16.9 Å². The van der Waals surface area contributed by atoms with E-state index in [9.17, 15) is 13.2 Å². The number of para-hydroxylation sites is 1. The Morgan fingerprint density at radius 1 is 1.11 bits per heavy atom. The molecule has 0 saturated heterocycles. The molecular formula is C20H20N2O3S2. The first-order valence-corrected chi connectivity index (χ1v) is 11.4. The minimum Gasteiger partial charge on any atom is -0.350 e. The molecule has 1 heterocycles. The molecule has 0 unspecified atom stereocenters. The average molecular weight is 401 g/mol. The number of carbonyl (C=O) groups is 1. The van der Waals surface area contributed by atoms with Crippen LogP contribution < -0.4 is 5.32 Å². The van der Waals surface area contributed by atoms with Gasteiger partial charge in [0.25, 0.3) is 0 Å². The van der Waals surface area contributed by atoms with Crippen molar-refractivity contribution in [3.63, 3.8) is 0 Å². The van der Waals surface area contributed by atoms with Crippen molar-refractivity contribution in [2.45, 2.75) is 37.1 Å². The van der Waals surface area contributed by atoms with Crippen molar-refractivity contribution < 1.29 is 13.2 Å². The molecule has 0 spiro atoms. The monoisotopic (exact) mass is 400 g/mol. The normalized spacial score (nSPS) is 13.6. The van der Waals surface area contributed by atoms with Gasteiger partial charge in [0.1, 0.15) is 5.01 Å². The lowest BCUT2D eigenvalue weighted by Gasteiger charge is -2.07. The van der Waals surface area contributed by atoms with Crippen LogP contribution in [0.3, 0.4) is 0 Å². The first kappa shape index (κ1) is 18.1. The topological polar surface area (TPSA) is 76.1 Å². The molecule has 4 rings (SSSR count). The summed E-state index contributed by atoms with van der Waals surface area (Å²) in [5.74, 6) is -0.462. The van der Waals surface area contributed by atoms with Crippen molar-refractivity contribution in [3.8, 4) is 0 Å². The molecule has 140 valence electrons. The zero-order valence-corrected chi connectivity index (χ0v) is 16.4. The van der Waals surface area contributed by atoms with Crippen LogP contribution in [-0.2, 0) is 34.0 Å². The maximum absolute atomic E-state index is 12.5. The second-order valence-electron chi connectivity index (χ2n) is 6.71. The van der Waals surface area contributed by atoms with Crippen LogP contribution in [0.2, 0.25) is 0 Å². The van der Waals surface area contributed by atoms with Gasteiger partial charge in [-0.1, -0.05) is 18.2 Å². The minimum absolute atomic E-state index is 0.0513. The Hall–Kier alpha value is -2.25. The number of hydrogen-bond acceptors (Lipinski definition) is 5. The second kappa shape index (κ2) is 7.40. The van der Waals surface area contributed by atoms with Crippen LogP contribution in [0.25, 0.3) is 10.2 Å². The molecule has 0 aliphatic heterocycles. The maximum atomic E-state index is 12.5. The van der Waals surface area contributed by atoms with Gasteiger partial charge in [-0.25, -0.2) is 13.4 Å². The first-order valence-electron chi connectivity index (χ1n) is 8.97. The Bertz CT molecular complexity index is 1070. The summed E-state index contributed by atoms with van der Waals surface area (Å²) >= 11 is 1.53. The van der Waals surface area contributed by atoms with Gasteiger partial charge in [0.2, 0.25) is 5.91 Å². The van der Waals surface area contributed by atoms with E-state index in [1.807, 2.05) is 30.3 Å². The number of aryl methyl sites for hydroxylation is 2. The van der Waals surface area contributed by atoms with Crippen molar-refractivity contribution in [2.75, 3.05) is 5.75 Å². The fraction of sp³-hybridized carbons (Fsp3) is 0.300. The highest BCUT2D eigenvalue weighted by Crippen LogP contribution is 2.25. The van der Waals surface area contributed by atoms with E-state index in [0.717, 1.165) is 40.1 Å². The molecule has 1 aromatic heterocycles. The number of benzene rings is 2. The van der Waals surface area contributed by atoms with Crippen LogP contribution in [-0.4, -0.2) is 25.1 Å². The van der Waals surface area contributed by atoms with Gasteiger partial charge in [0, 0.05) is 6.42 Å². The van der Waals surface area contributed by atoms with Crippen molar-refractivity contribution in [3.05, 3.63) is 58.6 Å². The number of nitrogens with zero attached hydrogens (tertiary/aromatic N) is 1. The molecule has 2 aromatic carbocycles. The van der Waals surface area contributed by atoms with Crippen molar-refractivity contribution in [2.24, 2.45) is 0 Å². The summed E-state index contributed by atoms with van der Waals surface area (Å²) in [6.07, 6.45) is 2.97. The molecule has 1 N–H and O–H groups in total. The SMILES string of the molecule is O=C(CCS(=O)(=O)c1ccc2c(c1)CCC2)NCc1nc2ccccc2s1. The Balaban J connectivity index is 1.34. The lowest BCUT2D eigenvalue weighted by atomic mass is 10.1. The Morgan fingerprint density at radius 2 is 1.93 bits per heavy atom. The summed E-state index contributed by atoms with van der Waals surface area (Å²) in [7, 11) is -3.45. The predicted molar refractivity (Wildman–Crippen MR) is 107 cm³/mol. The van der Waals surface area contributed by atoms with Gasteiger partial charge in [0.15, 0.2) is 9.84 Å². The van der Waals surface area contributed by atoms with E-state index in [0.29, 0.717) is 11.4 Å². The predicted octanol–water partition coefficient (Wildman–Crippen LogP) is 3.27. The number of sulfone groups is 1. The molecule has 1 amide bonds. The number of amides is 1. The van der Waals surface area contributed by atoms with Gasteiger partial charge in [-0.3, -0.25) is 4.79 Å². The molecule has 0 fully saturated rings. The lowest BCUT2D eigenvalue weighted by Crippen LogP contribution is -2.25. The minimum atomic E-state index is -3.45. The lowest BCUT2D eigenvalue weighted by molar-refractivity contribution is -0.120. The van der Waals surface area contributed by atoms with Crippen LogP contribution in [0.15, 0.2) is 47.4 Å². The second-order valence-corrected chi connectivity index (χ2v) is 9.93. The highest BCUT2D eigenvalue weighted by molar-refractivity contribution is 7.91. The van der Waals surface area contributed by atoms with Crippen molar-refractivity contribution in [1.29, 1.82) is 0 Å². The third-order valence-corrected chi connectivity index (χ3v) is 7.55. The summed E-state index contributed by atoms with van der Waals surface area (Å²) in [6, 6.07) is 13.1. The number of rotatable bonds is 6. The van der Waals surface area contributed by atoms with Gasteiger partial charge >= 0.3 is 0 Å². The standard InChI is InChI=1S/C20H20N2O3S2/c23-19(21-13-20-22-17-6-1-2-7-18(17)26-20)10-11-27(24,25)16-9-8-14-4-3-5-15(14)12-16/h1-2,6-9,12H,3-5,10-11,13H2,(H,21,23). The fourth-order valence-electron chi connectivity index (χ4n) is 3.34. The molecule has 0 saturated carbocycles. The summed E-state index contributed by atoms with van der Waals surface area (Å²) in [5.41, 5.74) is 3.27. The van der Waals surface area contributed by atoms with E-state index >= 15 is 0 Å². The Kier molecular flexibility index (Phi) is 4.97. The van der Waals surface area contributed by atoms with E-state index in [2.05, 4.69) is 10.3 Å². The molecule has 7 heteroatoms.